The maximum atomic E-state index is 10.4. The van der Waals surface area contributed by atoms with Gasteiger partial charge in [0.15, 0.2) is 0 Å². The molecule has 0 aromatic heterocycles. The van der Waals surface area contributed by atoms with E-state index in [1.54, 1.807) is 0 Å². The van der Waals surface area contributed by atoms with Crippen molar-refractivity contribution in [3.63, 3.8) is 0 Å². The normalized spacial score (nSPS) is 10.6. The summed E-state index contributed by atoms with van der Waals surface area (Å²) in [5.41, 5.74) is 0. The molecule has 58 valence electrons. The molecular weight excluding hydrogens is 158 g/mol. The molecule has 0 spiro atoms. The molecule has 5 nitrogen and oxygen atoms in total. The van der Waals surface area contributed by atoms with E-state index in [9.17, 15) is 13.2 Å². The van der Waals surface area contributed by atoms with Crippen molar-refractivity contribution >= 4 is 16.2 Å². The summed E-state index contributed by atoms with van der Waals surface area (Å²) >= 11 is 0. The van der Waals surface area contributed by atoms with E-state index < -0.39 is 16.2 Å². The lowest BCUT2D eigenvalue weighted by Gasteiger charge is -2.08. The van der Waals surface area contributed by atoms with Crippen LogP contribution in [0.25, 0.3) is 0 Å². The van der Waals surface area contributed by atoms with Gasteiger partial charge >= 0.3 is 10.3 Å². The maximum absolute atomic E-state index is 10.4. The second kappa shape index (κ2) is 2.80. The van der Waals surface area contributed by atoms with E-state index in [-0.39, 0.29) is 4.31 Å². The van der Waals surface area contributed by atoms with Gasteiger partial charge in [-0.2, -0.15) is 8.42 Å². The highest BCUT2D eigenvalue weighted by atomic mass is 32.2. The van der Waals surface area contributed by atoms with E-state index in [1.807, 2.05) is 0 Å². The molecule has 0 saturated heterocycles. The quantitative estimate of drug-likeness (QED) is 0.439. The standard InChI is InChI=1S/C4H7NO4S/c1-3-4(6)5(2)10(7,8)9/h3H,1H2,2H3,(H,7,8,9). The third-order valence-corrected chi connectivity index (χ3v) is 1.70. The summed E-state index contributed by atoms with van der Waals surface area (Å²) in [4.78, 5) is 10.4. The molecule has 0 aromatic carbocycles. The van der Waals surface area contributed by atoms with Gasteiger partial charge in [0.25, 0.3) is 5.91 Å². The summed E-state index contributed by atoms with van der Waals surface area (Å²) in [6.45, 7) is 3.03. The third-order valence-electron chi connectivity index (χ3n) is 0.831. The van der Waals surface area contributed by atoms with Gasteiger partial charge in [-0.25, -0.2) is 4.31 Å². The van der Waals surface area contributed by atoms with Crippen LogP contribution in [0, 0.1) is 0 Å². The van der Waals surface area contributed by atoms with Crippen molar-refractivity contribution in [1.82, 2.24) is 4.31 Å². The van der Waals surface area contributed by atoms with Crippen LogP contribution in [0.2, 0.25) is 0 Å². The highest BCUT2D eigenvalue weighted by molar-refractivity contribution is 7.83. The summed E-state index contributed by atoms with van der Waals surface area (Å²) in [5, 5.41) is 0. The Balaban J connectivity index is 4.54. The molecule has 6 heteroatoms. The van der Waals surface area contributed by atoms with Crippen molar-refractivity contribution in [2.75, 3.05) is 7.05 Å². The van der Waals surface area contributed by atoms with Crippen LogP contribution >= 0.6 is 0 Å². The van der Waals surface area contributed by atoms with E-state index >= 15 is 0 Å². The Labute approximate surface area is 58.8 Å². The molecule has 0 aliphatic heterocycles. The first-order valence-corrected chi connectivity index (χ1v) is 3.67. The molecule has 1 N–H and O–H groups in total. The summed E-state index contributed by atoms with van der Waals surface area (Å²) in [6, 6.07) is 0. The lowest BCUT2D eigenvalue weighted by Crippen LogP contribution is -2.30. The first kappa shape index (κ1) is 9.12. The number of nitrogens with zero attached hydrogens (tertiary/aromatic N) is 1. The molecule has 0 bridgehead atoms. The molecular formula is C4H7NO4S. The third kappa shape index (κ3) is 2.16. The SMILES string of the molecule is C=CC(=O)N(C)S(=O)(=O)O. The fraction of sp³-hybridized carbons (Fsp3) is 0.250. The number of rotatable bonds is 2. The van der Waals surface area contributed by atoms with Crippen molar-refractivity contribution in [1.29, 1.82) is 0 Å². The van der Waals surface area contributed by atoms with Gasteiger partial charge in [-0.15, -0.1) is 0 Å². The Morgan fingerprint density at radius 2 is 2.10 bits per heavy atom. The van der Waals surface area contributed by atoms with Crippen molar-refractivity contribution in [2.45, 2.75) is 0 Å². The van der Waals surface area contributed by atoms with Crippen LogP contribution in [0.15, 0.2) is 12.7 Å². The molecule has 0 heterocycles. The fourth-order valence-corrected chi connectivity index (χ4v) is 0.544. The molecule has 0 aliphatic carbocycles. The smallest absolute Gasteiger partial charge is 0.269 e. The first-order valence-electron chi connectivity index (χ1n) is 2.27. The van der Waals surface area contributed by atoms with Crippen LogP contribution < -0.4 is 0 Å². The van der Waals surface area contributed by atoms with Gasteiger partial charge in [0.1, 0.15) is 0 Å². The maximum Gasteiger partial charge on any atom is 0.362 e. The highest BCUT2D eigenvalue weighted by Gasteiger charge is 2.16. The van der Waals surface area contributed by atoms with Crippen molar-refractivity contribution < 1.29 is 17.8 Å². The number of amides is 1. The van der Waals surface area contributed by atoms with Crippen LogP contribution in [0.4, 0.5) is 0 Å². The van der Waals surface area contributed by atoms with Crippen molar-refractivity contribution in [2.24, 2.45) is 0 Å². The minimum absolute atomic E-state index is 0.181. The Hall–Kier alpha value is -0.880. The predicted molar refractivity (Wildman–Crippen MR) is 34.5 cm³/mol. The van der Waals surface area contributed by atoms with Crippen LogP contribution in [0.5, 0.6) is 0 Å². The van der Waals surface area contributed by atoms with E-state index in [0.29, 0.717) is 0 Å². The Kier molecular flexibility index (Phi) is 2.56. The summed E-state index contributed by atoms with van der Waals surface area (Å²) < 4.78 is 28.7. The van der Waals surface area contributed by atoms with Crippen molar-refractivity contribution in [3.8, 4) is 0 Å². The lowest BCUT2D eigenvalue weighted by molar-refractivity contribution is -0.120. The average molecular weight is 165 g/mol. The molecule has 0 radical (unpaired) electrons. The number of carbonyl (C=O) groups is 1. The van der Waals surface area contributed by atoms with Gasteiger partial charge in [0.05, 0.1) is 0 Å². The monoisotopic (exact) mass is 165 g/mol. The van der Waals surface area contributed by atoms with Crippen LogP contribution in [0.1, 0.15) is 0 Å². The second-order valence-electron chi connectivity index (χ2n) is 1.49. The minimum atomic E-state index is -4.40. The highest BCUT2D eigenvalue weighted by Crippen LogP contribution is 1.92. The number of carbonyl (C=O) groups excluding carboxylic acids is 1. The first-order chi connectivity index (χ1) is 4.39. The number of hydrogen-bond donors (Lipinski definition) is 1. The van der Waals surface area contributed by atoms with E-state index in [2.05, 4.69) is 6.58 Å². The van der Waals surface area contributed by atoms with Gasteiger partial charge in [-0.3, -0.25) is 9.35 Å². The molecule has 1 amide bonds. The molecule has 0 fully saturated rings. The van der Waals surface area contributed by atoms with Gasteiger partial charge < -0.3 is 0 Å². The average Bonchev–Trinajstić information content (AvgIpc) is 1.83. The van der Waals surface area contributed by atoms with Crippen molar-refractivity contribution in [3.05, 3.63) is 12.7 Å². The Morgan fingerprint density at radius 3 is 2.20 bits per heavy atom. The Bertz CT molecular complexity index is 242. The van der Waals surface area contributed by atoms with Gasteiger partial charge in [-0.1, -0.05) is 6.58 Å². The molecule has 0 rings (SSSR count). The molecule has 0 saturated carbocycles. The lowest BCUT2D eigenvalue weighted by atomic mass is 10.6. The second-order valence-corrected chi connectivity index (χ2v) is 2.93. The van der Waals surface area contributed by atoms with Crippen LogP contribution in [0.3, 0.4) is 0 Å². The summed E-state index contributed by atoms with van der Waals surface area (Å²) in [5.74, 6) is -0.873. The molecule has 0 atom stereocenters. The molecule has 0 unspecified atom stereocenters. The zero-order valence-corrected chi connectivity index (χ0v) is 6.13. The molecule has 10 heavy (non-hydrogen) atoms. The Morgan fingerprint density at radius 1 is 1.70 bits per heavy atom. The summed E-state index contributed by atoms with van der Waals surface area (Å²) in [7, 11) is -3.47. The minimum Gasteiger partial charge on any atom is -0.269 e. The van der Waals surface area contributed by atoms with E-state index in [4.69, 9.17) is 4.55 Å². The molecule has 0 aliphatic rings. The van der Waals surface area contributed by atoms with E-state index in [1.165, 1.54) is 0 Å². The van der Waals surface area contributed by atoms with E-state index in [0.717, 1.165) is 13.1 Å². The predicted octanol–water partition coefficient (Wildman–Crippen LogP) is -0.566. The van der Waals surface area contributed by atoms with Crippen LogP contribution in [-0.4, -0.2) is 30.2 Å². The molecule has 0 aromatic rings. The zero-order valence-electron chi connectivity index (χ0n) is 5.31. The van der Waals surface area contributed by atoms with Gasteiger partial charge in [0.2, 0.25) is 0 Å². The number of hydrogen-bond acceptors (Lipinski definition) is 3. The van der Waals surface area contributed by atoms with Crippen LogP contribution in [-0.2, 0) is 15.1 Å². The number of likely N-dealkylation sites (N-methyl/N-ethyl adjacent to an activating group) is 1. The zero-order chi connectivity index (χ0) is 8.36. The van der Waals surface area contributed by atoms with Gasteiger partial charge in [0, 0.05) is 7.05 Å². The van der Waals surface area contributed by atoms with Gasteiger partial charge in [-0.05, 0) is 6.08 Å². The summed E-state index contributed by atoms with van der Waals surface area (Å²) in [6.07, 6.45) is 0.785. The fourth-order valence-electron chi connectivity index (χ4n) is 0.242. The largest absolute Gasteiger partial charge is 0.362 e. The topological polar surface area (TPSA) is 74.7 Å².